The minimum atomic E-state index is -4.41. The van der Waals surface area contributed by atoms with Gasteiger partial charge in [-0.2, -0.15) is 13.2 Å². The molecule has 0 fully saturated rings. The number of hydrogen-bond donors (Lipinski definition) is 1. The predicted octanol–water partition coefficient (Wildman–Crippen LogP) is 3.17. The average molecular weight is 303 g/mol. The molecule has 0 amide bonds. The van der Waals surface area contributed by atoms with Crippen molar-refractivity contribution in [3.63, 3.8) is 0 Å². The Morgan fingerprint density at radius 1 is 1.29 bits per heavy atom. The molecule has 1 aromatic rings. The maximum atomic E-state index is 12.7. The van der Waals surface area contributed by atoms with Gasteiger partial charge in [0.25, 0.3) is 0 Å². The molecule has 1 unspecified atom stereocenters. The van der Waals surface area contributed by atoms with Crippen molar-refractivity contribution in [1.82, 2.24) is 0 Å². The number of hydrogen-bond acceptors (Lipinski definition) is 3. The van der Waals surface area contributed by atoms with Crippen LogP contribution in [0.5, 0.6) is 0 Å². The molecule has 0 aliphatic carbocycles. The minimum absolute atomic E-state index is 0.0264. The van der Waals surface area contributed by atoms with Crippen LogP contribution in [0, 0.1) is 5.41 Å². The predicted molar refractivity (Wildman–Crippen MR) is 73.6 cm³/mol. The third kappa shape index (κ3) is 4.20. The van der Waals surface area contributed by atoms with Gasteiger partial charge in [0.2, 0.25) is 0 Å². The summed E-state index contributed by atoms with van der Waals surface area (Å²) in [6.45, 7) is 3.69. The Kier molecular flexibility index (Phi) is 5.78. The van der Waals surface area contributed by atoms with Crippen molar-refractivity contribution in [1.29, 1.82) is 0 Å². The van der Waals surface area contributed by atoms with E-state index >= 15 is 0 Å². The van der Waals surface area contributed by atoms with E-state index in [9.17, 15) is 18.0 Å². The number of benzene rings is 1. The molecule has 0 aliphatic rings. The fourth-order valence-corrected chi connectivity index (χ4v) is 2.17. The Balaban J connectivity index is 3.07. The van der Waals surface area contributed by atoms with Gasteiger partial charge >= 0.3 is 12.1 Å². The highest BCUT2D eigenvalue weighted by molar-refractivity contribution is 5.77. The van der Waals surface area contributed by atoms with E-state index in [0.717, 1.165) is 12.1 Å². The maximum absolute atomic E-state index is 12.7. The largest absolute Gasteiger partial charge is 0.466 e. The second-order valence-electron chi connectivity index (χ2n) is 4.93. The number of carbonyl (C=O) groups excluding carboxylic acids is 1. The lowest BCUT2D eigenvalue weighted by Crippen LogP contribution is -2.41. The first-order chi connectivity index (χ1) is 9.79. The van der Waals surface area contributed by atoms with Crippen LogP contribution in [-0.4, -0.2) is 19.1 Å². The van der Waals surface area contributed by atoms with E-state index < -0.39 is 23.1 Å². The van der Waals surface area contributed by atoms with Crippen molar-refractivity contribution in [2.24, 2.45) is 11.1 Å². The number of carbonyl (C=O) groups is 1. The van der Waals surface area contributed by atoms with E-state index in [2.05, 4.69) is 0 Å². The molecule has 0 heterocycles. The van der Waals surface area contributed by atoms with E-state index in [1.54, 1.807) is 19.9 Å². The molecule has 0 saturated heterocycles. The van der Waals surface area contributed by atoms with E-state index in [0.29, 0.717) is 12.0 Å². The fourth-order valence-electron chi connectivity index (χ4n) is 2.17. The second-order valence-corrected chi connectivity index (χ2v) is 4.93. The lowest BCUT2D eigenvalue weighted by Gasteiger charge is -2.29. The standard InChI is InChI=1S/C15H20F3NO2/c1-3-14(10-19,13(20)21-4-2)9-11-6-5-7-12(8-11)15(16,17)18/h5-8H,3-4,9-10,19H2,1-2H3. The van der Waals surface area contributed by atoms with Crippen LogP contribution in [-0.2, 0) is 22.1 Å². The zero-order chi connectivity index (χ0) is 16.1. The molecule has 1 atom stereocenters. The van der Waals surface area contributed by atoms with Gasteiger partial charge in [-0.1, -0.05) is 25.1 Å². The third-order valence-electron chi connectivity index (χ3n) is 3.57. The number of esters is 1. The molecular formula is C15H20F3NO2. The summed E-state index contributed by atoms with van der Waals surface area (Å²) in [7, 11) is 0. The Morgan fingerprint density at radius 3 is 2.43 bits per heavy atom. The van der Waals surface area contributed by atoms with E-state index in [1.165, 1.54) is 6.07 Å². The molecule has 0 saturated carbocycles. The Labute approximate surface area is 122 Å². The number of rotatable bonds is 6. The van der Waals surface area contributed by atoms with Gasteiger partial charge in [0.15, 0.2) is 0 Å². The topological polar surface area (TPSA) is 52.3 Å². The number of nitrogens with two attached hydrogens (primary N) is 1. The van der Waals surface area contributed by atoms with Gasteiger partial charge in [-0.25, -0.2) is 0 Å². The van der Waals surface area contributed by atoms with Gasteiger partial charge in [0.1, 0.15) is 0 Å². The first kappa shape index (κ1) is 17.5. The van der Waals surface area contributed by atoms with Gasteiger partial charge in [0.05, 0.1) is 17.6 Å². The van der Waals surface area contributed by atoms with Crippen molar-refractivity contribution in [2.45, 2.75) is 32.9 Å². The van der Waals surface area contributed by atoms with Crippen LogP contribution in [0.2, 0.25) is 0 Å². The fraction of sp³-hybridized carbons (Fsp3) is 0.533. The van der Waals surface area contributed by atoms with Gasteiger partial charge < -0.3 is 10.5 Å². The summed E-state index contributed by atoms with van der Waals surface area (Å²) in [5, 5.41) is 0. The number of alkyl halides is 3. The van der Waals surface area contributed by atoms with Crippen molar-refractivity contribution in [3.8, 4) is 0 Å². The van der Waals surface area contributed by atoms with E-state index in [-0.39, 0.29) is 19.6 Å². The summed E-state index contributed by atoms with van der Waals surface area (Å²) in [6.07, 6.45) is -3.88. The molecule has 0 aromatic heterocycles. The molecular weight excluding hydrogens is 283 g/mol. The molecule has 21 heavy (non-hydrogen) atoms. The molecule has 0 aliphatic heterocycles. The molecule has 0 spiro atoms. The van der Waals surface area contributed by atoms with Crippen molar-refractivity contribution >= 4 is 5.97 Å². The highest BCUT2D eigenvalue weighted by Gasteiger charge is 2.38. The summed E-state index contributed by atoms with van der Waals surface area (Å²) in [6, 6.07) is 4.96. The second kappa shape index (κ2) is 6.93. The lowest BCUT2D eigenvalue weighted by molar-refractivity contribution is -0.155. The first-order valence-electron chi connectivity index (χ1n) is 6.82. The Bertz CT molecular complexity index is 482. The van der Waals surface area contributed by atoms with Crippen LogP contribution in [0.1, 0.15) is 31.4 Å². The Hall–Kier alpha value is -1.56. The van der Waals surface area contributed by atoms with Crippen LogP contribution in [0.3, 0.4) is 0 Å². The molecule has 2 N–H and O–H groups in total. The summed E-state index contributed by atoms with van der Waals surface area (Å²) in [5.41, 5.74) is 4.40. The molecule has 6 heteroatoms. The number of halogens is 3. The minimum Gasteiger partial charge on any atom is -0.466 e. The molecule has 1 rings (SSSR count). The zero-order valence-corrected chi connectivity index (χ0v) is 12.2. The maximum Gasteiger partial charge on any atom is 0.416 e. The molecule has 118 valence electrons. The molecule has 3 nitrogen and oxygen atoms in total. The normalized spacial score (nSPS) is 14.6. The van der Waals surface area contributed by atoms with E-state index in [1.807, 2.05) is 0 Å². The monoisotopic (exact) mass is 303 g/mol. The first-order valence-corrected chi connectivity index (χ1v) is 6.82. The van der Waals surface area contributed by atoms with Crippen LogP contribution >= 0.6 is 0 Å². The quantitative estimate of drug-likeness (QED) is 0.821. The summed E-state index contributed by atoms with van der Waals surface area (Å²) >= 11 is 0. The summed E-state index contributed by atoms with van der Waals surface area (Å²) < 4.78 is 43.2. The van der Waals surface area contributed by atoms with Crippen LogP contribution in [0.4, 0.5) is 13.2 Å². The number of ether oxygens (including phenoxy) is 1. The third-order valence-corrected chi connectivity index (χ3v) is 3.57. The average Bonchev–Trinajstić information content (AvgIpc) is 2.44. The van der Waals surface area contributed by atoms with Crippen molar-refractivity contribution in [2.75, 3.05) is 13.2 Å². The SMILES string of the molecule is CCOC(=O)C(CC)(CN)Cc1cccc(C(F)(F)F)c1. The summed E-state index contributed by atoms with van der Waals surface area (Å²) in [5.74, 6) is -0.465. The Morgan fingerprint density at radius 2 is 1.95 bits per heavy atom. The van der Waals surface area contributed by atoms with Gasteiger partial charge in [-0.15, -0.1) is 0 Å². The highest BCUT2D eigenvalue weighted by atomic mass is 19.4. The molecule has 0 bridgehead atoms. The highest BCUT2D eigenvalue weighted by Crippen LogP contribution is 2.32. The lowest BCUT2D eigenvalue weighted by atomic mass is 9.79. The smallest absolute Gasteiger partial charge is 0.416 e. The van der Waals surface area contributed by atoms with Crippen LogP contribution in [0.15, 0.2) is 24.3 Å². The molecule has 1 aromatic carbocycles. The van der Waals surface area contributed by atoms with Crippen LogP contribution in [0.25, 0.3) is 0 Å². The van der Waals surface area contributed by atoms with Crippen molar-refractivity contribution < 1.29 is 22.7 Å². The van der Waals surface area contributed by atoms with Crippen LogP contribution < -0.4 is 5.73 Å². The van der Waals surface area contributed by atoms with E-state index in [4.69, 9.17) is 10.5 Å². The van der Waals surface area contributed by atoms with Gasteiger partial charge in [0, 0.05) is 6.54 Å². The zero-order valence-electron chi connectivity index (χ0n) is 12.2. The summed E-state index contributed by atoms with van der Waals surface area (Å²) in [4.78, 5) is 12.1. The van der Waals surface area contributed by atoms with Gasteiger partial charge in [-0.05, 0) is 31.4 Å². The van der Waals surface area contributed by atoms with Crippen molar-refractivity contribution in [3.05, 3.63) is 35.4 Å². The molecule has 0 radical (unpaired) electrons. The van der Waals surface area contributed by atoms with Gasteiger partial charge in [-0.3, -0.25) is 4.79 Å².